The van der Waals surface area contributed by atoms with E-state index in [4.69, 9.17) is 0 Å². The number of carbonyl (C=O) groups is 6. The van der Waals surface area contributed by atoms with Crippen LogP contribution in [-0.2, 0) is 67.7 Å². The van der Waals surface area contributed by atoms with Crippen LogP contribution >= 0.6 is 0 Å². The summed E-state index contributed by atoms with van der Waals surface area (Å²) in [6.45, 7) is 0. The molecule has 0 aliphatic carbocycles. The molecule has 3 atom stereocenters. The zero-order chi connectivity index (χ0) is 29.8. The number of carboxylic acids is 6. The van der Waals surface area contributed by atoms with Crippen LogP contribution in [0.1, 0.15) is 19.3 Å². The third-order valence-electron chi connectivity index (χ3n) is 3.03. The van der Waals surface area contributed by atoms with Gasteiger partial charge in [0.05, 0.1) is 0 Å². The van der Waals surface area contributed by atoms with Crippen molar-refractivity contribution in [2.24, 2.45) is 0 Å². The first-order valence-corrected chi connectivity index (χ1v) is 8.14. The summed E-state index contributed by atoms with van der Waals surface area (Å²) in [6, 6.07) is 0. The van der Waals surface area contributed by atoms with E-state index in [-0.39, 0.29) is 39.0 Å². The molecule has 0 rings (SSSR count). The van der Waals surface area contributed by atoms with E-state index in [2.05, 4.69) is 0 Å². The van der Waals surface area contributed by atoms with Gasteiger partial charge in [0.2, 0.25) is 0 Å². The molecule has 0 heterocycles. The molecule has 0 saturated carbocycles. The van der Waals surface area contributed by atoms with Gasteiger partial charge in [-0.1, -0.05) is 0 Å². The number of carbonyl (C=O) groups excluding carboxylic acids is 6. The molecule has 0 N–H and O–H groups in total. The minimum atomic E-state index is -4.79. The molecule has 0 aliphatic rings. The van der Waals surface area contributed by atoms with E-state index in [1.807, 2.05) is 0 Å². The normalized spacial score (nSPS) is 13.2. The minimum absolute atomic E-state index is 0. The molecule has 0 bridgehead atoms. The van der Waals surface area contributed by atoms with Crippen molar-refractivity contribution in [1.29, 1.82) is 0 Å². The molecule has 222 valence electrons. The number of alkyl halides is 9. The van der Waals surface area contributed by atoms with Gasteiger partial charge >= 0.3 is 56.7 Å². The Labute approximate surface area is 229 Å². The zero-order valence-corrected chi connectivity index (χ0v) is 20.6. The number of hydrogen-bond donors (Lipinski definition) is 0. The van der Waals surface area contributed by atoms with Crippen LogP contribution in [0.5, 0.6) is 0 Å². The van der Waals surface area contributed by atoms with Crippen LogP contribution in [0.3, 0.4) is 0 Å². The van der Waals surface area contributed by atoms with E-state index >= 15 is 0 Å². The van der Waals surface area contributed by atoms with Gasteiger partial charge in [0.15, 0.2) is 18.5 Å². The molecule has 0 fully saturated rings. The molecule has 0 aromatic heterocycles. The SMILES string of the molecule is O=C([O-])CC(F)C(F)(F)C(=O)[O-].O=C([O-])CC(F)C(F)(F)C(=O)[O-].O=C([O-])CC(F)C(F)(F)C(=O)[O-].[Rh+3].[Rh+3]. The van der Waals surface area contributed by atoms with Crippen molar-refractivity contribution in [3.05, 3.63) is 0 Å². The van der Waals surface area contributed by atoms with E-state index in [1.54, 1.807) is 0 Å². The molecule has 0 aromatic carbocycles. The fourth-order valence-corrected chi connectivity index (χ4v) is 1.21. The number of aliphatic carboxylic acids is 6. The molecule has 0 radical (unpaired) electrons. The molecule has 0 aromatic rings. The quantitative estimate of drug-likeness (QED) is 0.133. The van der Waals surface area contributed by atoms with Crippen molar-refractivity contribution >= 4 is 35.8 Å². The first-order chi connectivity index (χ1) is 15.8. The molecular formula is C15H9F9O12Rh2. The van der Waals surface area contributed by atoms with Crippen LogP contribution in [-0.4, -0.2) is 72.1 Å². The predicted octanol–water partition coefficient (Wildman–Crippen LogP) is -6.46. The maximum absolute atomic E-state index is 12.1. The molecular weight excluding hydrogens is 749 g/mol. The van der Waals surface area contributed by atoms with Crippen LogP contribution in [0.15, 0.2) is 0 Å². The van der Waals surface area contributed by atoms with Crippen LogP contribution in [0.25, 0.3) is 0 Å². The van der Waals surface area contributed by atoms with Gasteiger partial charge in [-0.3, -0.25) is 0 Å². The third-order valence-corrected chi connectivity index (χ3v) is 3.03. The van der Waals surface area contributed by atoms with Gasteiger partial charge in [-0.15, -0.1) is 0 Å². The zero-order valence-electron chi connectivity index (χ0n) is 17.3. The van der Waals surface area contributed by atoms with Gasteiger partial charge in [-0.25, -0.2) is 13.2 Å². The summed E-state index contributed by atoms with van der Waals surface area (Å²) >= 11 is 0. The second-order valence-electron chi connectivity index (χ2n) is 5.86. The van der Waals surface area contributed by atoms with Crippen molar-refractivity contribution in [3.8, 4) is 0 Å². The second-order valence-corrected chi connectivity index (χ2v) is 5.86. The molecule has 12 nitrogen and oxygen atoms in total. The van der Waals surface area contributed by atoms with Gasteiger partial charge in [-0.2, -0.15) is 26.3 Å². The Morgan fingerprint density at radius 3 is 0.658 bits per heavy atom. The fourth-order valence-electron chi connectivity index (χ4n) is 1.21. The van der Waals surface area contributed by atoms with Gasteiger partial charge in [0, 0.05) is 37.2 Å². The summed E-state index contributed by atoms with van der Waals surface area (Å²) in [5.41, 5.74) is 0. The van der Waals surface area contributed by atoms with Gasteiger partial charge in [-0.05, 0) is 0 Å². The summed E-state index contributed by atoms with van der Waals surface area (Å²) < 4.78 is 108. The Morgan fingerprint density at radius 1 is 0.447 bits per heavy atom. The topological polar surface area (TPSA) is 241 Å². The fraction of sp³-hybridized carbons (Fsp3) is 0.600. The summed E-state index contributed by atoms with van der Waals surface area (Å²) in [4.78, 5) is 57.3. The van der Waals surface area contributed by atoms with E-state index < -0.39 is 91.4 Å². The molecule has 23 heteroatoms. The van der Waals surface area contributed by atoms with Crippen molar-refractivity contribution in [3.63, 3.8) is 0 Å². The van der Waals surface area contributed by atoms with Crippen LogP contribution in [0, 0.1) is 0 Å². The molecule has 0 amide bonds. The number of halogens is 9. The number of carboxylic acid groups (broad SMARTS) is 6. The number of hydrogen-bond acceptors (Lipinski definition) is 12. The Morgan fingerprint density at radius 2 is 0.579 bits per heavy atom. The summed E-state index contributed by atoms with van der Waals surface area (Å²) in [7, 11) is 0. The van der Waals surface area contributed by atoms with Gasteiger partial charge < -0.3 is 59.4 Å². The summed E-state index contributed by atoms with van der Waals surface area (Å²) in [5, 5.41) is 57.3. The second kappa shape index (κ2) is 18.6. The molecule has 38 heavy (non-hydrogen) atoms. The minimum Gasteiger partial charge on any atom is -0.550 e. The average Bonchev–Trinajstić information content (AvgIpc) is 2.66. The van der Waals surface area contributed by atoms with Crippen molar-refractivity contribution < 1.29 is 138 Å². The third kappa shape index (κ3) is 17.0. The monoisotopic (exact) mass is 758 g/mol. The van der Waals surface area contributed by atoms with Gasteiger partial charge in [0.25, 0.3) is 0 Å². The maximum atomic E-state index is 12.1. The van der Waals surface area contributed by atoms with E-state index in [9.17, 15) is 98.9 Å². The summed E-state index contributed by atoms with van der Waals surface area (Å²) in [6.07, 6.45) is -15.0. The summed E-state index contributed by atoms with van der Waals surface area (Å²) in [5.74, 6) is -29.5. The Kier molecular flexibility index (Phi) is 22.3. The number of rotatable bonds is 12. The van der Waals surface area contributed by atoms with E-state index in [1.165, 1.54) is 0 Å². The van der Waals surface area contributed by atoms with Crippen LogP contribution < -0.4 is 30.6 Å². The average molecular weight is 758 g/mol. The van der Waals surface area contributed by atoms with Crippen molar-refractivity contribution in [2.75, 3.05) is 0 Å². The Hall–Kier alpha value is -2.56. The molecule has 0 saturated heterocycles. The Balaban J connectivity index is -0.000000140. The first-order valence-electron chi connectivity index (χ1n) is 8.14. The maximum Gasteiger partial charge on any atom is 3.00 e. The molecule has 3 unspecified atom stereocenters. The molecule has 0 spiro atoms. The first kappa shape index (κ1) is 45.4. The van der Waals surface area contributed by atoms with E-state index in [0.717, 1.165) is 0 Å². The van der Waals surface area contributed by atoms with E-state index in [0.29, 0.717) is 0 Å². The van der Waals surface area contributed by atoms with Gasteiger partial charge in [0.1, 0.15) is 17.9 Å². The van der Waals surface area contributed by atoms with Crippen LogP contribution in [0.4, 0.5) is 39.5 Å². The smallest absolute Gasteiger partial charge is 0.550 e. The van der Waals surface area contributed by atoms with Crippen molar-refractivity contribution in [1.82, 2.24) is 0 Å². The largest absolute Gasteiger partial charge is 3.00 e. The van der Waals surface area contributed by atoms with Crippen molar-refractivity contribution in [2.45, 2.75) is 55.5 Å². The Bertz CT molecular complexity index is 725. The van der Waals surface area contributed by atoms with Crippen LogP contribution in [0.2, 0.25) is 0 Å². The predicted molar refractivity (Wildman–Crippen MR) is 73.4 cm³/mol. The standard InChI is InChI=1S/3C5H5F3O4.2Rh/c3*6-2(1-3(9)10)5(7,8)4(11)12;;/h3*2H,1H2,(H,9,10)(H,11,12);;/q;;;2*+3/p-6. The molecule has 0 aliphatic heterocycles.